The molecule has 0 aliphatic rings. The summed E-state index contributed by atoms with van der Waals surface area (Å²) < 4.78 is 15.6. The molecular weight excluding hydrogens is 359 g/mol. The van der Waals surface area contributed by atoms with Gasteiger partial charge in [-0.25, -0.2) is 4.39 Å². The van der Waals surface area contributed by atoms with Crippen molar-refractivity contribution in [2.24, 2.45) is 7.05 Å². The highest BCUT2D eigenvalue weighted by atomic mass is 32.2. The van der Waals surface area contributed by atoms with E-state index >= 15 is 0 Å². The maximum absolute atomic E-state index is 13.9. The number of hydrogen-bond donors (Lipinski definition) is 0. The Kier molecular flexibility index (Phi) is 5.50. The smallest absolute Gasteiger partial charge is 0.233 e. The van der Waals surface area contributed by atoms with Crippen molar-refractivity contribution < 1.29 is 9.18 Å². The number of hydrogen-bond acceptors (Lipinski definition) is 5. The van der Waals surface area contributed by atoms with E-state index in [0.717, 1.165) is 5.56 Å². The minimum atomic E-state index is -0.346. The van der Waals surface area contributed by atoms with Crippen LogP contribution in [0.15, 0.2) is 46.2 Å². The van der Waals surface area contributed by atoms with Crippen LogP contribution in [-0.4, -0.2) is 38.4 Å². The van der Waals surface area contributed by atoms with E-state index in [1.807, 2.05) is 16.8 Å². The molecule has 0 aliphatic carbocycles. The molecule has 130 valence electrons. The molecular formula is C17H17FN4OS2. The Bertz CT molecular complexity index is 863. The Balaban J connectivity index is 1.64. The Hall–Kier alpha value is -2.19. The van der Waals surface area contributed by atoms with E-state index in [4.69, 9.17) is 0 Å². The molecule has 0 atom stereocenters. The number of carbonyl (C=O) groups is 1. The average Bonchev–Trinajstić information content (AvgIpc) is 3.23. The minimum absolute atomic E-state index is 0.00615. The van der Waals surface area contributed by atoms with Crippen LogP contribution in [0.3, 0.4) is 0 Å². The van der Waals surface area contributed by atoms with Crippen LogP contribution < -0.4 is 0 Å². The number of rotatable bonds is 6. The second-order valence-electron chi connectivity index (χ2n) is 5.52. The quantitative estimate of drug-likeness (QED) is 0.619. The van der Waals surface area contributed by atoms with Gasteiger partial charge in [-0.1, -0.05) is 23.9 Å². The van der Waals surface area contributed by atoms with E-state index < -0.39 is 0 Å². The fourth-order valence-corrected chi connectivity index (χ4v) is 3.81. The van der Waals surface area contributed by atoms with Crippen LogP contribution in [0.1, 0.15) is 5.56 Å². The summed E-state index contributed by atoms with van der Waals surface area (Å²) in [5.74, 6) is 0.358. The summed E-state index contributed by atoms with van der Waals surface area (Å²) in [5.41, 5.74) is 1.51. The average molecular weight is 376 g/mol. The number of nitrogens with zero attached hydrogens (tertiary/aromatic N) is 4. The molecule has 3 aromatic rings. The zero-order valence-corrected chi connectivity index (χ0v) is 15.5. The van der Waals surface area contributed by atoms with Gasteiger partial charge >= 0.3 is 0 Å². The lowest BCUT2D eigenvalue weighted by Gasteiger charge is -2.16. The SMILES string of the molecule is CN(Cc1ccsc1)C(=O)CSc1nnc(-c2ccccc2F)n1C. The zero-order chi connectivity index (χ0) is 17.8. The summed E-state index contributed by atoms with van der Waals surface area (Å²) >= 11 is 2.91. The molecule has 0 N–H and O–H groups in total. The highest BCUT2D eigenvalue weighted by Gasteiger charge is 2.16. The van der Waals surface area contributed by atoms with Crippen molar-refractivity contribution >= 4 is 29.0 Å². The molecule has 5 nitrogen and oxygen atoms in total. The fourth-order valence-electron chi connectivity index (χ4n) is 2.30. The summed E-state index contributed by atoms with van der Waals surface area (Å²) in [6.45, 7) is 0.586. The monoisotopic (exact) mass is 376 g/mol. The number of aromatic nitrogens is 3. The third-order valence-electron chi connectivity index (χ3n) is 3.70. The van der Waals surface area contributed by atoms with Gasteiger partial charge in [0, 0.05) is 20.6 Å². The first kappa shape index (κ1) is 17.6. The number of thiophene rings is 1. The van der Waals surface area contributed by atoms with Crippen LogP contribution in [0.5, 0.6) is 0 Å². The van der Waals surface area contributed by atoms with Crippen LogP contribution in [0.25, 0.3) is 11.4 Å². The number of benzene rings is 1. The van der Waals surface area contributed by atoms with E-state index in [-0.39, 0.29) is 17.5 Å². The first-order valence-electron chi connectivity index (χ1n) is 7.58. The van der Waals surface area contributed by atoms with E-state index in [0.29, 0.717) is 23.1 Å². The van der Waals surface area contributed by atoms with Gasteiger partial charge in [-0.2, -0.15) is 11.3 Å². The second-order valence-corrected chi connectivity index (χ2v) is 7.24. The Morgan fingerprint density at radius 3 is 2.84 bits per heavy atom. The minimum Gasteiger partial charge on any atom is -0.341 e. The van der Waals surface area contributed by atoms with Gasteiger partial charge in [-0.05, 0) is 34.5 Å². The molecule has 1 aromatic carbocycles. The molecule has 0 unspecified atom stereocenters. The number of halogens is 1. The molecule has 0 saturated heterocycles. The first-order chi connectivity index (χ1) is 12.1. The summed E-state index contributed by atoms with van der Waals surface area (Å²) in [6.07, 6.45) is 0. The van der Waals surface area contributed by atoms with Crippen LogP contribution >= 0.6 is 23.1 Å². The van der Waals surface area contributed by atoms with Crippen LogP contribution in [-0.2, 0) is 18.4 Å². The van der Waals surface area contributed by atoms with Crippen molar-refractivity contribution in [1.82, 2.24) is 19.7 Å². The predicted molar refractivity (Wildman–Crippen MR) is 97.9 cm³/mol. The van der Waals surface area contributed by atoms with Gasteiger partial charge in [0.25, 0.3) is 0 Å². The summed E-state index contributed by atoms with van der Waals surface area (Å²) in [5, 5.41) is 12.7. The maximum atomic E-state index is 13.9. The molecule has 0 radical (unpaired) electrons. The summed E-state index contributed by atoms with van der Waals surface area (Å²) in [7, 11) is 3.55. The lowest BCUT2D eigenvalue weighted by Crippen LogP contribution is -2.27. The number of thioether (sulfide) groups is 1. The Labute approximate surface area is 153 Å². The fraction of sp³-hybridized carbons (Fsp3) is 0.235. The first-order valence-corrected chi connectivity index (χ1v) is 9.51. The topological polar surface area (TPSA) is 51.0 Å². The van der Waals surface area contributed by atoms with E-state index in [1.54, 1.807) is 53.1 Å². The highest BCUT2D eigenvalue weighted by molar-refractivity contribution is 7.99. The van der Waals surface area contributed by atoms with Crippen LogP contribution in [0, 0.1) is 5.82 Å². The predicted octanol–water partition coefficient (Wildman–Crippen LogP) is 3.43. The van der Waals surface area contributed by atoms with Crippen LogP contribution in [0.2, 0.25) is 0 Å². The third-order valence-corrected chi connectivity index (χ3v) is 5.44. The number of amides is 1. The van der Waals surface area contributed by atoms with Gasteiger partial charge in [0.05, 0.1) is 11.3 Å². The van der Waals surface area contributed by atoms with Gasteiger partial charge in [0.1, 0.15) is 5.82 Å². The molecule has 0 saturated carbocycles. The molecule has 1 amide bonds. The molecule has 0 spiro atoms. The van der Waals surface area contributed by atoms with Gasteiger partial charge in [0.15, 0.2) is 11.0 Å². The third kappa shape index (κ3) is 4.08. The van der Waals surface area contributed by atoms with E-state index in [9.17, 15) is 9.18 Å². The molecule has 8 heteroatoms. The van der Waals surface area contributed by atoms with E-state index in [2.05, 4.69) is 10.2 Å². The summed E-state index contributed by atoms with van der Waals surface area (Å²) in [6, 6.07) is 8.44. The molecule has 2 aromatic heterocycles. The second kappa shape index (κ2) is 7.79. The molecule has 2 heterocycles. The highest BCUT2D eigenvalue weighted by Crippen LogP contribution is 2.24. The molecule has 25 heavy (non-hydrogen) atoms. The lowest BCUT2D eigenvalue weighted by atomic mass is 10.2. The van der Waals surface area contributed by atoms with Crippen molar-refractivity contribution in [2.45, 2.75) is 11.7 Å². The van der Waals surface area contributed by atoms with Gasteiger partial charge in [0.2, 0.25) is 5.91 Å². The van der Waals surface area contributed by atoms with Crippen molar-refractivity contribution in [3.63, 3.8) is 0 Å². The molecule has 0 aliphatic heterocycles. The molecule has 3 rings (SSSR count). The van der Waals surface area contributed by atoms with Gasteiger partial charge < -0.3 is 9.47 Å². The van der Waals surface area contributed by atoms with Gasteiger partial charge in [-0.15, -0.1) is 10.2 Å². The standard InChI is InChI=1S/C17H17FN4OS2/c1-21(9-12-7-8-24-10-12)15(23)11-25-17-20-19-16(22(17)2)13-5-3-4-6-14(13)18/h3-8,10H,9,11H2,1-2H3. The van der Waals surface area contributed by atoms with Crippen LogP contribution in [0.4, 0.5) is 4.39 Å². The van der Waals surface area contributed by atoms with Gasteiger partial charge in [-0.3, -0.25) is 4.79 Å². The lowest BCUT2D eigenvalue weighted by molar-refractivity contribution is -0.127. The van der Waals surface area contributed by atoms with Crippen molar-refractivity contribution in [3.05, 3.63) is 52.5 Å². The largest absolute Gasteiger partial charge is 0.341 e. The van der Waals surface area contributed by atoms with Crippen molar-refractivity contribution in [2.75, 3.05) is 12.8 Å². The Morgan fingerprint density at radius 1 is 1.32 bits per heavy atom. The molecule has 0 bridgehead atoms. The number of carbonyl (C=O) groups excluding carboxylic acids is 1. The Morgan fingerprint density at radius 2 is 2.12 bits per heavy atom. The zero-order valence-electron chi connectivity index (χ0n) is 13.8. The van der Waals surface area contributed by atoms with Crippen molar-refractivity contribution in [3.8, 4) is 11.4 Å². The normalized spacial score (nSPS) is 10.8. The van der Waals surface area contributed by atoms with E-state index in [1.165, 1.54) is 17.8 Å². The maximum Gasteiger partial charge on any atom is 0.233 e. The molecule has 0 fully saturated rings. The summed E-state index contributed by atoms with van der Waals surface area (Å²) in [4.78, 5) is 14.0. The van der Waals surface area contributed by atoms with Crippen molar-refractivity contribution in [1.29, 1.82) is 0 Å².